The SMILES string of the molecule is CC1OC(=O)CC1Br. The molecule has 1 aliphatic rings. The average molecular weight is 179 g/mol. The number of esters is 1. The lowest BCUT2D eigenvalue weighted by molar-refractivity contribution is -0.140. The Hall–Kier alpha value is -0.0500. The van der Waals surface area contributed by atoms with Gasteiger partial charge in [-0.25, -0.2) is 0 Å². The van der Waals surface area contributed by atoms with Gasteiger partial charge >= 0.3 is 5.97 Å². The van der Waals surface area contributed by atoms with Crippen LogP contribution in [0.4, 0.5) is 0 Å². The quantitative estimate of drug-likeness (QED) is 0.411. The first-order valence-electron chi connectivity index (χ1n) is 2.53. The van der Waals surface area contributed by atoms with Crippen molar-refractivity contribution in [2.24, 2.45) is 0 Å². The van der Waals surface area contributed by atoms with Gasteiger partial charge in [0.15, 0.2) is 0 Å². The molecule has 0 amide bonds. The monoisotopic (exact) mass is 178 g/mol. The number of carbonyl (C=O) groups is 1. The third kappa shape index (κ3) is 1.02. The molecule has 0 aromatic heterocycles. The third-order valence-electron chi connectivity index (χ3n) is 1.19. The Kier molecular flexibility index (Phi) is 1.56. The zero-order valence-electron chi connectivity index (χ0n) is 4.56. The second-order valence-electron chi connectivity index (χ2n) is 1.92. The molecule has 0 N–H and O–H groups in total. The van der Waals surface area contributed by atoms with Gasteiger partial charge in [0.2, 0.25) is 0 Å². The van der Waals surface area contributed by atoms with Gasteiger partial charge in [0.05, 0.1) is 11.2 Å². The van der Waals surface area contributed by atoms with Crippen molar-refractivity contribution < 1.29 is 9.53 Å². The summed E-state index contributed by atoms with van der Waals surface area (Å²) in [7, 11) is 0. The van der Waals surface area contributed by atoms with Gasteiger partial charge in [-0.1, -0.05) is 15.9 Å². The predicted molar refractivity (Wildman–Crippen MR) is 32.9 cm³/mol. The molecule has 46 valence electrons. The van der Waals surface area contributed by atoms with Crippen LogP contribution in [0.25, 0.3) is 0 Å². The van der Waals surface area contributed by atoms with Crippen LogP contribution < -0.4 is 0 Å². The van der Waals surface area contributed by atoms with Gasteiger partial charge in [0, 0.05) is 0 Å². The minimum atomic E-state index is -0.0978. The Labute approximate surface area is 56.3 Å². The van der Waals surface area contributed by atoms with Gasteiger partial charge in [-0.2, -0.15) is 0 Å². The van der Waals surface area contributed by atoms with E-state index >= 15 is 0 Å². The van der Waals surface area contributed by atoms with Crippen molar-refractivity contribution in [2.75, 3.05) is 0 Å². The average Bonchev–Trinajstić information content (AvgIpc) is 1.85. The molecule has 0 radical (unpaired) electrons. The van der Waals surface area contributed by atoms with Crippen molar-refractivity contribution in [3.63, 3.8) is 0 Å². The van der Waals surface area contributed by atoms with E-state index in [0.29, 0.717) is 6.42 Å². The van der Waals surface area contributed by atoms with Crippen molar-refractivity contribution in [1.82, 2.24) is 0 Å². The van der Waals surface area contributed by atoms with Crippen LogP contribution in [0.15, 0.2) is 0 Å². The lowest BCUT2D eigenvalue weighted by Gasteiger charge is -2.02. The lowest BCUT2D eigenvalue weighted by atomic mass is 10.3. The minimum absolute atomic E-state index is 0.0579. The Bertz CT molecular complexity index is 101. The summed E-state index contributed by atoms with van der Waals surface area (Å²) >= 11 is 3.30. The smallest absolute Gasteiger partial charge is 0.307 e. The summed E-state index contributed by atoms with van der Waals surface area (Å²) in [6.07, 6.45) is 0.573. The summed E-state index contributed by atoms with van der Waals surface area (Å²) in [5, 5.41) is 0. The fourth-order valence-corrected chi connectivity index (χ4v) is 1.03. The standard InChI is InChI=1S/C5H7BrO2/c1-3-4(6)2-5(7)8-3/h3-4H,2H2,1H3. The van der Waals surface area contributed by atoms with Crippen molar-refractivity contribution in [3.05, 3.63) is 0 Å². The number of carbonyl (C=O) groups excluding carboxylic acids is 1. The molecule has 1 aliphatic heterocycles. The van der Waals surface area contributed by atoms with E-state index in [1.165, 1.54) is 0 Å². The fraction of sp³-hybridized carbons (Fsp3) is 0.800. The van der Waals surface area contributed by atoms with E-state index in [1.807, 2.05) is 6.92 Å². The van der Waals surface area contributed by atoms with Crippen LogP contribution in [0.3, 0.4) is 0 Å². The highest BCUT2D eigenvalue weighted by atomic mass is 79.9. The van der Waals surface area contributed by atoms with Crippen molar-refractivity contribution in [1.29, 1.82) is 0 Å². The van der Waals surface area contributed by atoms with Gasteiger partial charge in [-0.3, -0.25) is 4.79 Å². The van der Waals surface area contributed by atoms with Gasteiger partial charge < -0.3 is 4.74 Å². The lowest BCUT2D eigenvalue weighted by Crippen LogP contribution is -2.08. The van der Waals surface area contributed by atoms with E-state index in [4.69, 9.17) is 4.74 Å². The van der Waals surface area contributed by atoms with Gasteiger partial charge in [-0.05, 0) is 6.92 Å². The van der Waals surface area contributed by atoms with Crippen LogP contribution in [0.1, 0.15) is 13.3 Å². The highest BCUT2D eigenvalue weighted by molar-refractivity contribution is 9.09. The van der Waals surface area contributed by atoms with Crippen LogP contribution >= 0.6 is 15.9 Å². The second kappa shape index (κ2) is 2.05. The molecule has 2 nitrogen and oxygen atoms in total. The molecule has 2 atom stereocenters. The van der Waals surface area contributed by atoms with E-state index in [-0.39, 0.29) is 16.9 Å². The van der Waals surface area contributed by atoms with Crippen LogP contribution in [-0.2, 0) is 9.53 Å². The molecule has 0 spiro atoms. The van der Waals surface area contributed by atoms with E-state index in [1.54, 1.807) is 0 Å². The van der Waals surface area contributed by atoms with Crippen LogP contribution in [0.5, 0.6) is 0 Å². The number of cyclic esters (lactones) is 1. The summed E-state index contributed by atoms with van der Waals surface area (Å²) in [5.41, 5.74) is 0. The maximum atomic E-state index is 10.4. The van der Waals surface area contributed by atoms with Gasteiger partial charge in [0.1, 0.15) is 6.10 Å². The number of halogens is 1. The first kappa shape index (κ1) is 6.08. The van der Waals surface area contributed by atoms with Crippen LogP contribution in [-0.4, -0.2) is 16.9 Å². The number of hydrogen-bond acceptors (Lipinski definition) is 2. The second-order valence-corrected chi connectivity index (χ2v) is 3.09. The Morgan fingerprint density at radius 2 is 2.50 bits per heavy atom. The van der Waals surface area contributed by atoms with E-state index < -0.39 is 0 Å². The maximum Gasteiger partial charge on any atom is 0.307 e. The molecule has 0 saturated carbocycles. The molecule has 0 bridgehead atoms. The molecule has 0 aromatic carbocycles. The molecule has 1 heterocycles. The predicted octanol–water partition coefficient (Wildman–Crippen LogP) is 1.09. The molecule has 1 saturated heterocycles. The van der Waals surface area contributed by atoms with Crippen molar-refractivity contribution in [2.45, 2.75) is 24.3 Å². The third-order valence-corrected chi connectivity index (χ3v) is 2.26. The molecule has 3 heteroatoms. The van der Waals surface area contributed by atoms with E-state index in [2.05, 4.69) is 15.9 Å². The molecule has 2 unspecified atom stereocenters. The van der Waals surface area contributed by atoms with Crippen molar-refractivity contribution in [3.8, 4) is 0 Å². The number of ether oxygens (including phenoxy) is 1. The summed E-state index contributed by atoms with van der Waals surface area (Å²) in [6.45, 7) is 1.88. The molecule has 0 aromatic rings. The number of alkyl halides is 1. The zero-order chi connectivity index (χ0) is 6.15. The normalized spacial score (nSPS) is 37.5. The molecule has 0 aliphatic carbocycles. The van der Waals surface area contributed by atoms with Crippen LogP contribution in [0.2, 0.25) is 0 Å². The number of rotatable bonds is 0. The van der Waals surface area contributed by atoms with E-state index in [0.717, 1.165) is 0 Å². The summed E-state index contributed by atoms with van der Waals surface area (Å²) < 4.78 is 4.79. The Morgan fingerprint density at radius 1 is 1.88 bits per heavy atom. The molecule has 1 fully saturated rings. The highest BCUT2D eigenvalue weighted by Gasteiger charge is 2.28. The molecule has 8 heavy (non-hydrogen) atoms. The Balaban J connectivity index is 2.51. The van der Waals surface area contributed by atoms with Crippen LogP contribution in [0, 0.1) is 0 Å². The summed E-state index contributed by atoms with van der Waals surface area (Å²) in [5.74, 6) is -0.0978. The molecule has 1 rings (SSSR count). The zero-order valence-corrected chi connectivity index (χ0v) is 6.14. The van der Waals surface area contributed by atoms with Gasteiger partial charge in [-0.15, -0.1) is 0 Å². The molecular weight excluding hydrogens is 172 g/mol. The first-order valence-corrected chi connectivity index (χ1v) is 3.45. The summed E-state index contributed by atoms with van der Waals surface area (Å²) in [6, 6.07) is 0. The van der Waals surface area contributed by atoms with E-state index in [9.17, 15) is 4.79 Å². The Morgan fingerprint density at radius 3 is 2.62 bits per heavy atom. The van der Waals surface area contributed by atoms with Crippen molar-refractivity contribution >= 4 is 21.9 Å². The topological polar surface area (TPSA) is 26.3 Å². The largest absolute Gasteiger partial charge is 0.461 e. The van der Waals surface area contributed by atoms with Gasteiger partial charge in [0.25, 0.3) is 0 Å². The minimum Gasteiger partial charge on any atom is -0.461 e. The summed E-state index contributed by atoms with van der Waals surface area (Å²) in [4.78, 5) is 10.6. The molecular formula is C5H7BrO2. The first-order chi connectivity index (χ1) is 3.70. The number of hydrogen-bond donors (Lipinski definition) is 0. The highest BCUT2D eigenvalue weighted by Crippen LogP contribution is 2.21. The fourth-order valence-electron chi connectivity index (χ4n) is 0.654. The maximum absolute atomic E-state index is 10.4.